The molecule has 0 fully saturated rings. The zero-order chi connectivity index (χ0) is 21.0. The largest absolute Gasteiger partial charge is 0.455 e. The molecule has 0 saturated carbocycles. The molecule has 1 aromatic carbocycles. The number of carbonyl (C=O) groups excluding carboxylic acids is 2. The van der Waals surface area contributed by atoms with Crippen molar-refractivity contribution >= 4 is 17.5 Å². The number of rotatable bonds is 6. The van der Waals surface area contributed by atoms with Gasteiger partial charge in [-0.25, -0.2) is 5.43 Å². The van der Waals surface area contributed by atoms with Gasteiger partial charge in [0.1, 0.15) is 5.76 Å². The van der Waals surface area contributed by atoms with E-state index >= 15 is 0 Å². The first-order valence-electron chi connectivity index (χ1n) is 9.76. The molecule has 2 amide bonds. The van der Waals surface area contributed by atoms with Crippen LogP contribution < -0.4 is 10.7 Å². The quantitative estimate of drug-likeness (QED) is 0.733. The SMILES string of the molecule is COCC(C)NC(=O)c1oc2c(c1C)/C(=N/NC(=O)c1ccc(C)cc1)CCC2. The molecule has 1 aliphatic carbocycles. The number of nitrogens with zero attached hydrogens (tertiary/aromatic N) is 1. The number of amides is 2. The molecule has 0 aliphatic heterocycles. The van der Waals surface area contributed by atoms with Crippen molar-refractivity contribution in [2.75, 3.05) is 13.7 Å². The molecule has 2 N–H and O–H groups in total. The molecule has 3 rings (SSSR count). The van der Waals surface area contributed by atoms with E-state index in [9.17, 15) is 9.59 Å². The summed E-state index contributed by atoms with van der Waals surface area (Å²) in [7, 11) is 1.59. The molecular weight excluding hydrogens is 370 g/mol. The second-order valence-electron chi connectivity index (χ2n) is 7.40. The Balaban J connectivity index is 1.80. The zero-order valence-electron chi connectivity index (χ0n) is 17.3. The first-order chi connectivity index (χ1) is 13.9. The van der Waals surface area contributed by atoms with Crippen LogP contribution in [0.15, 0.2) is 33.8 Å². The summed E-state index contributed by atoms with van der Waals surface area (Å²) in [6, 6.07) is 7.18. The summed E-state index contributed by atoms with van der Waals surface area (Å²) in [4.78, 5) is 25.0. The lowest BCUT2D eigenvalue weighted by Crippen LogP contribution is -2.35. The minimum Gasteiger partial charge on any atom is -0.455 e. The van der Waals surface area contributed by atoms with Gasteiger partial charge < -0.3 is 14.5 Å². The van der Waals surface area contributed by atoms with E-state index in [0.717, 1.165) is 41.0 Å². The number of benzene rings is 1. The molecule has 1 atom stereocenters. The van der Waals surface area contributed by atoms with Crippen molar-refractivity contribution in [3.8, 4) is 0 Å². The topological polar surface area (TPSA) is 92.9 Å². The van der Waals surface area contributed by atoms with Crippen molar-refractivity contribution < 1.29 is 18.7 Å². The van der Waals surface area contributed by atoms with Crippen LogP contribution in [0.5, 0.6) is 0 Å². The van der Waals surface area contributed by atoms with Gasteiger partial charge in [-0.3, -0.25) is 9.59 Å². The minimum absolute atomic E-state index is 0.129. The van der Waals surface area contributed by atoms with Gasteiger partial charge in [-0.15, -0.1) is 0 Å². The predicted octanol–water partition coefficient (Wildman–Crippen LogP) is 3.13. The van der Waals surface area contributed by atoms with E-state index in [4.69, 9.17) is 9.15 Å². The summed E-state index contributed by atoms with van der Waals surface area (Å²) in [5.74, 6) is 0.487. The van der Waals surface area contributed by atoms with Crippen LogP contribution in [0.1, 0.15) is 63.1 Å². The number of furan rings is 1. The number of aryl methyl sites for hydroxylation is 2. The lowest BCUT2D eigenvalue weighted by molar-refractivity contribution is 0.0874. The number of ether oxygens (including phenoxy) is 1. The van der Waals surface area contributed by atoms with Crippen LogP contribution in [0, 0.1) is 13.8 Å². The van der Waals surface area contributed by atoms with Gasteiger partial charge in [0.2, 0.25) is 0 Å². The summed E-state index contributed by atoms with van der Waals surface area (Å²) >= 11 is 0. The summed E-state index contributed by atoms with van der Waals surface area (Å²) in [5, 5.41) is 7.22. The smallest absolute Gasteiger partial charge is 0.287 e. The number of fused-ring (bicyclic) bond motifs is 1. The van der Waals surface area contributed by atoms with Crippen molar-refractivity contribution in [2.24, 2.45) is 5.10 Å². The molecule has 0 radical (unpaired) electrons. The number of hydrogen-bond donors (Lipinski definition) is 2. The third-order valence-corrected chi connectivity index (χ3v) is 4.93. The van der Waals surface area contributed by atoms with E-state index in [-0.39, 0.29) is 23.6 Å². The minimum atomic E-state index is -0.274. The Bertz CT molecular complexity index is 928. The number of hydrazone groups is 1. The highest BCUT2D eigenvalue weighted by atomic mass is 16.5. The van der Waals surface area contributed by atoms with Gasteiger partial charge in [0.15, 0.2) is 5.76 Å². The fourth-order valence-electron chi connectivity index (χ4n) is 3.47. The number of methoxy groups -OCH3 is 1. The number of carbonyl (C=O) groups is 2. The summed E-state index contributed by atoms with van der Waals surface area (Å²) < 4.78 is 10.9. The molecule has 0 bridgehead atoms. The zero-order valence-corrected chi connectivity index (χ0v) is 17.3. The molecule has 1 aromatic heterocycles. The summed E-state index contributed by atoms with van der Waals surface area (Å²) in [6.07, 6.45) is 2.30. The first kappa shape index (κ1) is 20.8. The maximum Gasteiger partial charge on any atom is 0.287 e. The molecule has 1 unspecified atom stereocenters. The van der Waals surface area contributed by atoms with Gasteiger partial charge in [0.25, 0.3) is 11.8 Å². The summed E-state index contributed by atoms with van der Waals surface area (Å²) in [6.45, 7) is 6.10. The molecule has 1 aliphatic rings. The van der Waals surface area contributed by atoms with E-state index in [1.165, 1.54) is 0 Å². The first-order valence-corrected chi connectivity index (χ1v) is 9.76. The standard InChI is InChI=1S/C22H27N3O4/c1-13-8-10-16(11-9-13)21(26)25-24-17-6-5-7-18-19(17)15(3)20(29-18)22(27)23-14(2)12-28-4/h8-11,14H,5-7,12H2,1-4H3,(H,23,27)(H,25,26)/b24-17+. The lowest BCUT2D eigenvalue weighted by Gasteiger charge is -2.13. The van der Waals surface area contributed by atoms with Gasteiger partial charge in [0, 0.05) is 36.3 Å². The maximum absolute atomic E-state index is 12.6. The van der Waals surface area contributed by atoms with Crippen LogP contribution in [0.25, 0.3) is 0 Å². The van der Waals surface area contributed by atoms with Gasteiger partial charge in [-0.2, -0.15) is 5.10 Å². The highest BCUT2D eigenvalue weighted by molar-refractivity contribution is 6.07. The van der Waals surface area contributed by atoms with Crippen LogP contribution in [-0.2, 0) is 11.2 Å². The van der Waals surface area contributed by atoms with Crippen molar-refractivity contribution in [3.05, 3.63) is 58.0 Å². The molecular formula is C22H27N3O4. The number of hydrogen-bond acceptors (Lipinski definition) is 5. The monoisotopic (exact) mass is 397 g/mol. The normalized spacial score (nSPS) is 15.7. The van der Waals surface area contributed by atoms with E-state index in [2.05, 4.69) is 15.8 Å². The lowest BCUT2D eigenvalue weighted by atomic mass is 9.93. The Morgan fingerprint density at radius 3 is 2.59 bits per heavy atom. The van der Waals surface area contributed by atoms with Crippen molar-refractivity contribution in [2.45, 2.75) is 46.1 Å². The average Bonchev–Trinajstić information content (AvgIpc) is 3.04. The predicted molar refractivity (Wildman–Crippen MR) is 110 cm³/mol. The third-order valence-electron chi connectivity index (χ3n) is 4.93. The van der Waals surface area contributed by atoms with Gasteiger partial charge in [0.05, 0.1) is 12.3 Å². The van der Waals surface area contributed by atoms with Crippen LogP contribution in [0.4, 0.5) is 0 Å². The number of nitrogens with one attached hydrogen (secondary N) is 2. The van der Waals surface area contributed by atoms with E-state index in [1.54, 1.807) is 19.2 Å². The second kappa shape index (κ2) is 9.05. The molecule has 154 valence electrons. The van der Waals surface area contributed by atoms with E-state index in [1.807, 2.05) is 32.9 Å². The Hall–Kier alpha value is -2.93. The Labute approximate surface area is 170 Å². The second-order valence-corrected chi connectivity index (χ2v) is 7.40. The third kappa shape index (κ3) is 4.74. The van der Waals surface area contributed by atoms with Crippen molar-refractivity contribution in [3.63, 3.8) is 0 Å². The van der Waals surface area contributed by atoms with Crippen LogP contribution >= 0.6 is 0 Å². The van der Waals surface area contributed by atoms with Gasteiger partial charge >= 0.3 is 0 Å². The van der Waals surface area contributed by atoms with Crippen molar-refractivity contribution in [1.29, 1.82) is 0 Å². The molecule has 7 nitrogen and oxygen atoms in total. The highest BCUT2D eigenvalue weighted by Gasteiger charge is 2.28. The van der Waals surface area contributed by atoms with Crippen LogP contribution in [0.3, 0.4) is 0 Å². The molecule has 0 spiro atoms. The average molecular weight is 397 g/mol. The fourth-order valence-corrected chi connectivity index (χ4v) is 3.47. The highest BCUT2D eigenvalue weighted by Crippen LogP contribution is 2.30. The molecule has 1 heterocycles. The fraction of sp³-hybridized carbons (Fsp3) is 0.409. The summed E-state index contributed by atoms with van der Waals surface area (Å²) in [5.41, 5.74) is 6.57. The Morgan fingerprint density at radius 2 is 1.90 bits per heavy atom. The van der Waals surface area contributed by atoms with E-state index < -0.39 is 0 Å². The molecule has 2 aromatic rings. The van der Waals surface area contributed by atoms with Crippen molar-refractivity contribution in [1.82, 2.24) is 10.7 Å². The van der Waals surface area contributed by atoms with Crippen LogP contribution in [0.2, 0.25) is 0 Å². The van der Waals surface area contributed by atoms with Gasteiger partial charge in [-0.05, 0) is 45.7 Å². The molecule has 29 heavy (non-hydrogen) atoms. The van der Waals surface area contributed by atoms with Gasteiger partial charge in [-0.1, -0.05) is 17.7 Å². The Morgan fingerprint density at radius 1 is 1.17 bits per heavy atom. The molecule has 7 heteroatoms. The van der Waals surface area contributed by atoms with Crippen LogP contribution in [-0.4, -0.2) is 37.3 Å². The molecule has 0 saturated heterocycles. The Kier molecular flexibility index (Phi) is 6.49. The van der Waals surface area contributed by atoms with E-state index in [0.29, 0.717) is 18.6 Å². The maximum atomic E-state index is 12.6.